The molecule has 5 nitrogen and oxygen atoms in total. The maximum absolute atomic E-state index is 12.5. The summed E-state index contributed by atoms with van der Waals surface area (Å²) in [6.07, 6.45) is 2.78. The lowest BCUT2D eigenvalue weighted by Crippen LogP contribution is -2.38. The number of benzene rings is 1. The van der Waals surface area contributed by atoms with Gasteiger partial charge >= 0.3 is 0 Å². The second-order valence-corrected chi connectivity index (χ2v) is 5.35. The molecule has 21 heavy (non-hydrogen) atoms. The molecule has 2 rings (SSSR count). The topological polar surface area (TPSA) is 64.8 Å². The molecule has 1 amide bonds. The van der Waals surface area contributed by atoms with Crippen molar-refractivity contribution in [2.45, 2.75) is 19.3 Å². The van der Waals surface area contributed by atoms with Crippen molar-refractivity contribution >= 4 is 5.91 Å². The molecule has 2 N–H and O–H groups in total. The summed E-state index contributed by atoms with van der Waals surface area (Å²) in [6, 6.07) is 5.66. The van der Waals surface area contributed by atoms with Crippen LogP contribution in [0.4, 0.5) is 0 Å². The van der Waals surface area contributed by atoms with E-state index in [-0.39, 0.29) is 11.8 Å². The Balaban J connectivity index is 2.12. The summed E-state index contributed by atoms with van der Waals surface area (Å²) in [6.45, 7) is 2.06. The van der Waals surface area contributed by atoms with Crippen LogP contribution in [0.1, 0.15) is 18.4 Å². The lowest BCUT2D eigenvalue weighted by atomic mass is 9.97. The first kappa shape index (κ1) is 15.6. The van der Waals surface area contributed by atoms with Crippen molar-refractivity contribution in [2.24, 2.45) is 11.7 Å². The smallest absolute Gasteiger partial charge is 0.227 e. The molecule has 1 aromatic rings. The van der Waals surface area contributed by atoms with Gasteiger partial charge in [0.15, 0.2) is 0 Å². The fraction of sp³-hybridized carbons (Fsp3) is 0.562. The van der Waals surface area contributed by atoms with Crippen molar-refractivity contribution in [1.82, 2.24) is 4.90 Å². The number of nitrogens with zero attached hydrogens (tertiary/aromatic N) is 1. The highest BCUT2D eigenvalue weighted by atomic mass is 16.5. The van der Waals surface area contributed by atoms with Crippen molar-refractivity contribution in [1.29, 1.82) is 0 Å². The number of rotatable bonds is 6. The van der Waals surface area contributed by atoms with Crippen LogP contribution in [-0.4, -0.2) is 44.7 Å². The van der Waals surface area contributed by atoms with Crippen LogP contribution in [0.25, 0.3) is 0 Å². The molecule has 5 heteroatoms. The Morgan fingerprint density at radius 3 is 2.57 bits per heavy atom. The van der Waals surface area contributed by atoms with Crippen LogP contribution >= 0.6 is 0 Å². The summed E-state index contributed by atoms with van der Waals surface area (Å²) in [7, 11) is 3.24. The van der Waals surface area contributed by atoms with Gasteiger partial charge in [-0.1, -0.05) is 6.07 Å². The van der Waals surface area contributed by atoms with E-state index >= 15 is 0 Å². The molecule has 1 aromatic carbocycles. The van der Waals surface area contributed by atoms with Crippen LogP contribution in [0.5, 0.6) is 11.5 Å². The molecular weight excluding hydrogens is 268 g/mol. The largest absolute Gasteiger partial charge is 0.497 e. The number of amides is 1. The molecule has 0 radical (unpaired) electrons. The predicted octanol–water partition coefficient (Wildman–Crippen LogP) is 1.44. The van der Waals surface area contributed by atoms with Gasteiger partial charge in [0.25, 0.3) is 0 Å². The van der Waals surface area contributed by atoms with Gasteiger partial charge in [-0.3, -0.25) is 4.79 Å². The maximum atomic E-state index is 12.5. The standard InChI is InChI=1S/C16H24N2O3/c1-20-14-6-5-12(15(10-14)21-2)9-13(11-17)16(19)18-7-3-4-8-18/h5-6,10,13H,3-4,7-9,11,17H2,1-2H3. The number of hydrogen-bond donors (Lipinski definition) is 1. The molecule has 0 aliphatic carbocycles. The Bertz CT molecular complexity index is 484. The lowest BCUT2D eigenvalue weighted by molar-refractivity contribution is -0.134. The van der Waals surface area contributed by atoms with Gasteiger partial charge < -0.3 is 20.1 Å². The molecular formula is C16H24N2O3. The molecule has 0 spiro atoms. The average Bonchev–Trinajstić information content (AvgIpc) is 3.06. The first-order chi connectivity index (χ1) is 10.2. The molecule has 1 saturated heterocycles. The third-order valence-corrected chi connectivity index (χ3v) is 4.01. The van der Waals surface area contributed by atoms with Crippen LogP contribution < -0.4 is 15.2 Å². The number of nitrogens with two attached hydrogens (primary N) is 1. The zero-order valence-corrected chi connectivity index (χ0v) is 12.8. The second-order valence-electron chi connectivity index (χ2n) is 5.35. The number of likely N-dealkylation sites (tertiary alicyclic amines) is 1. The van der Waals surface area contributed by atoms with Gasteiger partial charge in [0.2, 0.25) is 5.91 Å². The van der Waals surface area contributed by atoms with Crippen molar-refractivity contribution in [3.8, 4) is 11.5 Å². The summed E-state index contributed by atoms with van der Waals surface area (Å²) in [5.41, 5.74) is 6.81. The number of carbonyl (C=O) groups is 1. The van der Waals surface area contributed by atoms with Gasteiger partial charge in [0.05, 0.1) is 20.1 Å². The normalized spacial score (nSPS) is 15.9. The molecule has 1 atom stereocenters. The Morgan fingerprint density at radius 1 is 1.29 bits per heavy atom. The van der Waals surface area contributed by atoms with Gasteiger partial charge in [0.1, 0.15) is 11.5 Å². The van der Waals surface area contributed by atoms with Crippen molar-refractivity contribution in [3.05, 3.63) is 23.8 Å². The number of carbonyl (C=O) groups excluding carboxylic acids is 1. The summed E-state index contributed by atoms with van der Waals surface area (Å²) >= 11 is 0. The fourth-order valence-corrected chi connectivity index (χ4v) is 2.75. The number of ether oxygens (including phenoxy) is 2. The number of methoxy groups -OCH3 is 2. The molecule has 0 saturated carbocycles. The minimum atomic E-state index is -0.189. The van der Waals surface area contributed by atoms with E-state index in [1.165, 1.54) is 0 Å². The van der Waals surface area contributed by atoms with Crippen molar-refractivity contribution in [3.63, 3.8) is 0 Å². The summed E-state index contributed by atoms with van der Waals surface area (Å²) in [5, 5.41) is 0. The minimum absolute atomic E-state index is 0.160. The monoisotopic (exact) mass is 292 g/mol. The Kier molecular flexibility index (Phi) is 5.44. The minimum Gasteiger partial charge on any atom is -0.497 e. The first-order valence-electron chi connectivity index (χ1n) is 7.39. The molecule has 1 aliphatic rings. The third-order valence-electron chi connectivity index (χ3n) is 4.01. The Labute approximate surface area is 126 Å². The quantitative estimate of drug-likeness (QED) is 0.862. The highest BCUT2D eigenvalue weighted by Crippen LogP contribution is 2.27. The van der Waals surface area contributed by atoms with E-state index in [9.17, 15) is 4.79 Å². The fourth-order valence-electron chi connectivity index (χ4n) is 2.75. The SMILES string of the molecule is COc1ccc(CC(CN)C(=O)N2CCCC2)c(OC)c1. The molecule has 1 aliphatic heterocycles. The Hall–Kier alpha value is -1.75. The molecule has 1 heterocycles. The molecule has 116 valence electrons. The van der Waals surface area contributed by atoms with E-state index in [0.29, 0.717) is 13.0 Å². The van der Waals surface area contributed by atoms with Gasteiger partial charge in [-0.05, 0) is 30.9 Å². The predicted molar refractivity (Wildman–Crippen MR) is 81.6 cm³/mol. The maximum Gasteiger partial charge on any atom is 0.227 e. The average molecular weight is 292 g/mol. The van der Waals surface area contributed by atoms with E-state index in [1.54, 1.807) is 14.2 Å². The molecule has 0 bridgehead atoms. The zero-order chi connectivity index (χ0) is 15.2. The summed E-state index contributed by atoms with van der Waals surface area (Å²) in [5.74, 6) is 1.45. The zero-order valence-electron chi connectivity index (χ0n) is 12.8. The van der Waals surface area contributed by atoms with Gasteiger partial charge in [-0.25, -0.2) is 0 Å². The van der Waals surface area contributed by atoms with Crippen LogP contribution in [0.3, 0.4) is 0 Å². The number of hydrogen-bond acceptors (Lipinski definition) is 4. The van der Waals surface area contributed by atoms with Crippen molar-refractivity contribution in [2.75, 3.05) is 33.9 Å². The lowest BCUT2D eigenvalue weighted by Gasteiger charge is -2.23. The first-order valence-corrected chi connectivity index (χ1v) is 7.39. The highest BCUT2D eigenvalue weighted by molar-refractivity contribution is 5.79. The van der Waals surface area contributed by atoms with Crippen molar-refractivity contribution < 1.29 is 14.3 Å². The van der Waals surface area contributed by atoms with E-state index in [2.05, 4.69) is 0 Å². The van der Waals surface area contributed by atoms with Gasteiger partial charge in [0, 0.05) is 25.7 Å². The summed E-state index contributed by atoms with van der Waals surface area (Å²) < 4.78 is 10.6. The van der Waals surface area contributed by atoms with E-state index in [0.717, 1.165) is 43.0 Å². The van der Waals surface area contributed by atoms with Gasteiger partial charge in [-0.15, -0.1) is 0 Å². The van der Waals surface area contributed by atoms with E-state index in [1.807, 2.05) is 23.1 Å². The Morgan fingerprint density at radius 2 is 2.00 bits per heavy atom. The summed E-state index contributed by atoms with van der Waals surface area (Å²) in [4.78, 5) is 14.4. The van der Waals surface area contributed by atoms with Crippen LogP contribution in [0.2, 0.25) is 0 Å². The van der Waals surface area contributed by atoms with Gasteiger partial charge in [-0.2, -0.15) is 0 Å². The third kappa shape index (κ3) is 3.67. The second kappa shape index (κ2) is 7.31. The van der Waals surface area contributed by atoms with Crippen LogP contribution in [0.15, 0.2) is 18.2 Å². The molecule has 0 aromatic heterocycles. The van der Waals surface area contributed by atoms with Crippen LogP contribution in [-0.2, 0) is 11.2 Å². The molecule has 1 unspecified atom stereocenters. The highest BCUT2D eigenvalue weighted by Gasteiger charge is 2.26. The van der Waals surface area contributed by atoms with E-state index < -0.39 is 0 Å². The van der Waals surface area contributed by atoms with Crippen LogP contribution in [0, 0.1) is 5.92 Å². The van der Waals surface area contributed by atoms with E-state index in [4.69, 9.17) is 15.2 Å². The molecule has 1 fully saturated rings.